The van der Waals surface area contributed by atoms with E-state index < -0.39 is 47.9 Å². The van der Waals surface area contributed by atoms with E-state index in [0.29, 0.717) is 64.1 Å². The lowest BCUT2D eigenvalue weighted by atomic mass is 9.91. The van der Waals surface area contributed by atoms with Crippen LogP contribution >= 0.6 is 0 Å². The lowest BCUT2D eigenvalue weighted by Crippen LogP contribution is -2.59. The van der Waals surface area contributed by atoms with Gasteiger partial charge in [-0.2, -0.15) is 0 Å². The fraction of sp³-hybridized carbons (Fsp3) is 0.564. The highest BCUT2D eigenvalue weighted by atomic mass is 16.4. The Morgan fingerprint density at radius 1 is 0.765 bits per heavy atom. The minimum Gasteiger partial charge on any atom is -0.481 e. The number of carbonyl (C=O) groups excluding carboxylic acids is 4. The summed E-state index contributed by atoms with van der Waals surface area (Å²) in [5.41, 5.74) is 13.7. The zero-order valence-electron chi connectivity index (χ0n) is 30.2. The second-order valence-corrected chi connectivity index (χ2v) is 14.1. The van der Waals surface area contributed by atoms with E-state index in [1.807, 2.05) is 74.5 Å². The summed E-state index contributed by atoms with van der Waals surface area (Å²) in [5, 5.41) is 17.6. The molecule has 0 bridgehead atoms. The van der Waals surface area contributed by atoms with Crippen molar-refractivity contribution in [3.63, 3.8) is 0 Å². The Labute approximate surface area is 302 Å². The second-order valence-electron chi connectivity index (χ2n) is 14.1. The number of unbranched alkanes of at least 4 members (excludes halogenated alkanes) is 1. The van der Waals surface area contributed by atoms with Gasteiger partial charge in [0, 0.05) is 25.9 Å². The third-order valence-corrected chi connectivity index (χ3v) is 9.38. The number of nitrogens with one attached hydrogen (secondary N) is 3. The van der Waals surface area contributed by atoms with Gasteiger partial charge in [-0.3, -0.25) is 24.0 Å². The Hall–Kier alpha value is -4.29. The monoisotopic (exact) mass is 706 g/mol. The van der Waals surface area contributed by atoms with E-state index in [2.05, 4.69) is 16.0 Å². The molecule has 1 aliphatic rings. The maximum absolute atomic E-state index is 13.9. The summed E-state index contributed by atoms with van der Waals surface area (Å²) in [6.07, 6.45) is 5.71. The van der Waals surface area contributed by atoms with Crippen molar-refractivity contribution >= 4 is 29.6 Å². The molecular formula is C39H58N6O6. The third kappa shape index (κ3) is 14.8. The normalized spacial score (nSPS) is 15.7. The summed E-state index contributed by atoms with van der Waals surface area (Å²) in [4.78, 5) is 67.6. The lowest BCUT2D eigenvalue weighted by Gasteiger charge is -2.35. The summed E-state index contributed by atoms with van der Waals surface area (Å²) in [7, 11) is 0. The molecule has 1 heterocycles. The number of nitrogens with zero attached hydrogens (tertiary/aromatic N) is 1. The van der Waals surface area contributed by atoms with Crippen molar-refractivity contribution in [1.29, 1.82) is 0 Å². The van der Waals surface area contributed by atoms with Gasteiger partial charge in [0.15, 0.2) is 0 Å². The van der Waals surface area contributed by atoms with Crippen LogP contribution in [0.4, 0.5) is 0 Å². The van der Waals surface area contributed by atoms with Gasteiger partial charge in [-0.15, -0.1) is 0 Å². The Morgan fingerprint density at radius 2 is 1.31 bits per heavy atom. The molecule has 8 N–H and O–H groups in total. The number of carbonyl (C=O) groups is 5. The van der Waals surface area contributed by atoms with Crippen molar-refractivity contribution in [3.8, 4) is 0 Å². The molecule has 0 spiro atoms. The third-order valence-electron chi connectivity index (χ3n) is 9.38. The van der Waals surface area contributed by atoms with Crippen LogP contribution in [-0.2, 0) is 36.8 Å². The molecule has 1 fully saturated rings. The van der Waals surface area contributed by atoms with Crippen LogP contribution in [0.5, 0.6) is 0 Å². The molecule has 51 heavy (non-hydrogen) atoms. The summed E-state index contributed by atoms with van der Waals surface area (Å²) in [5.74, 6) is -2.02. The molecule has 3 rings (SSSR count). The number of carboxylic acids is 1. The summed E-state index contributed by atoms with van der Waals surface area (Å²) < 4.78 is 0. The molecule has 2 aromatic carbocycles. The standard InChI is InChI=1S/C39H58N6O6/c1-27(2)24-33(37(49)42-32(17-9-10-21-40)39(51)45-22-19-28(20-23-45)16-11-18-35(46)47)44-38(50)34(26-30-14-7-4-8-15-30)43-36(48)31(41)25-29-12-5-3-6-13-29/h3-8,12-15,27-28,31-34H,9-11,16-26,40-41H2,1-2H3,(H,42,49)(H,43,48)(H,44,50)(H,46,47)/t31-,32-,33-,34-/m1/s1. The van der Waals surface area contributed by atoms with Crippen molar-refractivity contribution in [3.05, 3.63) is 71.8 Å². The number of nitrogens with two attached hydrogens (primary N) is 2. The summed E-state index contributed by atoms with van der Waals surface area (Å²) in [6.45, 7) is 5.44. The van der Waals surface area contributed by atoms with Crippen molar-refractivity contribution in [2.75, 3.05) is 19.6 Å². The fourth-order valence-electron chi connectivity index (χ4n) is 6.50. The molecule has 12 nitrogen and oxygen atoms in total. The maximum Gasteiger partial charge on any atom is 0.303 e. The first kappa shape index (κ1) is 41.1. The molecule has 0 radical (unpaired) electrons. The molecule has 1 aliphatic heterocycles. The number of piperidine rings is 1. The van der Waals surface area contributed by atoms with E-state index in [9.17, 15) is 24.0 Å². The molecule has 12 heteroatoms. The lowest BCUT2D eigenvalue weighted by molar-refractivity contribution is -0.139. The molecule has 4 amide bonds. The van der Waals surface area contributed by atoms with E-state index >= 15 is 0 Å². The first-order valence-corrected chi connectivity index (χ1v) is 18.4. The molecule has 2 aromatic rings. The maximum atomic E-state index is 13.9. The minimum absolute atomic E-state index is 0.0362. The van der Waals surface area contributed by atoms with Gasteiger partial charge in [0.25, 0.3) is 0 Å². The number of amides is 4. The first-order valence-electron chi connectivity index (χ1n) is 18.4. The van der Waals surface area contributed by atoms with Crippen molar-refractivity contribution in [2.24, 2.45) is 23.3 Å². The van der Waals surface area contributed by atoms with Gasteiger partial charge >= 0.3 is 5.97 Å². The van der Waals surface area contributed by atoms with E-state index in [-0.39, 0.29) is 24.7 Å². The SMILES string of the molecule is CC(C)C[C@@H](NC(=O)[C@@H](Cc1ccccc1)NC(=O)[C@H](N)Cc1ccccc1)C(=O)N[C@H](CCCCN)C(=O)N1CCC(CCCC(=O)O)CC1. The van der Waals surface area contributed by atoms with Crippen LogP contribution in [0.1, 0.15) is 82.8 Å². The van der Waals surface area contributed by atoms with Gasteiger partial charge in [-0.05, 0) is 87.3 Å². The molecule has 0 unspecified atom stereocenters. The minimum atomic E-state index is -0.997. The summed E-state index contributed by atoms with van der Waals surface area (Å²) in [6, 6.07) is 15.1. The van der Waals surface area contributed by atoms with Crippen LogP contribution < -0.4 is 27.4 Å². The number of hydrogen-bond acceptors (Lipinski definition) is 7. The van der Waals surface area contributed by atoms with Crippen LogP contribution in [0.25, 0.3) is 0 Å². The van der Waals surface area contributed by atoms with Crippen LogP contribution in [0.2, 0.25) is 0 Å². The van der Waals surface area contributed by atoms with E-state index in [1.165, 1.54) is 0 Å². The first-order chi connectivity index (χ1) is 24.5. The number of rotatable bonds is 21. The highest BCUT2D eigenvalue weighted by Gasteiger charge is 2.33. The van der Waals surface area contributed by atoms with Gasteiger partial charge in [0.05, 0.1) is 6.04 Å². The molecule has 4 atom stereocenters. The Kier molecular flexibility index (Phi) is 17.6. The largest absolute Gasteiger partial charge is 0.481 e. The van der Waals surface area contributed by atoms with Gasteiger partial charge in [-0.1, -0.05) is 74.5 Å². The number of hydrogen-bond donors (Lipinski definition) is 6. The highest BCUT2D eigenvalue weighted by molar-refractivity contribution is 5.95. The van der Waals surface area contributed by atoms with Crippen LogP contribution in [0, 0.1) is 11.8 Å². The smallest absolute Gasteiger partial charge is 0.303 e. The van der Waals surface area contributed by atoms with Gasteiger partial charge in [0.2, 0.25) is 23.6 Å². The Bertz CT molecular complexity index is 1380. The molecule has 1 saturated heterocycles. The predicted octanol–water partition coefficient (Wildman–Crippen LogP) is 2.92. The van der Waals surface area contributed by atoms with Crippen molar-refractivity contribution < 1.29 is 29.1 Å². The van der Waals surface area contributed by atoms with Gasteiger partial charge in [0.1, 0.15) is 18.1 Å². The van der Waals surface area contributed by atoms with Crippen molar-refractivity contribution in [2.45, 2.75) is 109 Å². The van der Waals surface area contributed by atoms with Gasteiger partial charge in [-0.25, -0.2) is 0 Å². The predicted molar refractivity (Wildman–Crippen MR) is 197 cm³/mol. The number of carboxylic acid groups (broad SMARTS) is 1. The molecule has 0 aliphatic carbocycles. The quantitative estimate of drug-likeness (QED) is 0.107. The average Bonchev–Trinajstić information content (AvgIpc) is 3.11. The van der Waals surface area contributed by atoms with Crippen LogP contribution in [0.3, 0.4) is 0 Å². The fourth-order valence-corrected chi connectivity index (χ4v) is 6.50. The number of likely N-dealkylation sites (tertiary alicyclic amines) is 1. The number of benzene rings is 2. The molecule has 0 saturated carbocycles. The zero-order valence-corrected chi connectivity index (χ0v) is 30.2. The summed E-state index contributed by atoms with van der Waals surface area (Å²) >= 11 is 0. The average molecular weight is 707 g/mol. The van der Waals surface area contributed by atoms with Crippen LogP contribution in [-0.4, -0.2) is 83.4 Å². The van der Waals surface area contributed by atoms with E-state index in [0.717, 1.165) is 30.4 Å². The van der Waals surface area contributed by atoms with Crippen molar-refractivity contribution in [1.82, 2.24) is 20.9 Å². The second kappa shape index (κ2) is 21.8. The van der Waals surface area contributed by atoms with E-state index in [1.54, 1.807) is 4.90 Å². The molecule has 0 aromatic heterocycles. The molecule has 280 valence electrons. The van der Waals surface area contributed by atoms with E-state index in [4.69, 9.17) is 16.6 Å². The Balaban J connectivity index is 1.72. The highest BCUT2D eigenvalue weighted by Crippen LogP contribution is 2.23. The number of aliphatic carboxylic acids is 1. The van der Waals surface area contributed by atoms with Gasteiger partial charge < -0.3 is 37.4 Å². The Morgan fingerprint density at radius 3 is 1.88 bits per heavy atom. The topological polar surface area (TPSA) is 197 Å². The zero-order chi connectivity index (χ0) is 37.2. The molecular weight excluding hydrogens is 648 g/mol. The van der Waals surface area contributed by atoms with Crippen LogP contribution in [0.15, 0.2) is 60.7 Å².